The van der Waals surface area contributed by atoms with E-state index in [0.29, 0.717) is 18.7 Å². The van der Waals surface area contributed by atoms with Crippen LogP contribution in [0.3, 0.4) is 0 Å². The van der Waals surface area contributed by atoms with Gasteiger partial charge in [0.2, 0.25) is 5.60 Å². The fourth-order valence-electron chi connectivity index (χ4n) is 3.97. The van der Waals surface area contributed by atoms with Crippen LogP contribution in [0.2, 0.25) is 0 Å². The van der Waals surface area contributed by atoms with Crippen LogP contribution in [0.5, 0.6) is 0 Å². The van der Waals surface area contributed by atoms with E-state index in [1.807, 2.05) is 0 Å². The highest BCUT2D eigenvalue weighted by atomic mass is 19.4. The number of rotatable bonds is 3. The van der Waals surface area contributed by atoms with Gasteiger partial charge in [0.15, 0.2) is 5.82 Å². The summed E-state index contributed by atoms with van der Waals surface area (Å²) in [6.45, 7) is 2.26. The third-order valence-corrected chi connectivity index (χ3v) is 5.73. The van der Waals surface area contributed by atoms with Gasteiger partial charge < -0.3 is 14.6 Å². The summed E-state index contributed by atoms with van der Waals surface area (Å²) in [4.78, 5) is 18.4. The number of aliphatic hydroxyl groups is 1. The summed E-state index contributed by atoms with van der Waals surface area (Å²) in [6, 6.07) is 3.78. The van der Waals surface area contributed by atoms with Gasteiger partial charge in [-0.1, -0.05) is 0 Å². The summed E-state index contributed by atoms with van der Waals surface area (Å²) in [5.41, 5.74) is -2.54. The van der Waals surface area contributed by atoms with Gasteiger partial charge in [-0.3, -0.25) is 9.48 Å². The SMILES string of the molecule is C[C@H]1CN(C(=O)c2cc(-c3ccc(F)cc3F)nn2C)Cc2cnc([C@@](C)(O)C(F)(F)F)n21. The number of carbonyl (C=O) groups excluding carboxylic acids is 1. The summed E-state index contributed by atoms with van der Waals surface area (Å²) in [5.74, 6) is -2.58. The Labute approximate surface area is 185 Å². The lowest BCUT2D eigenvalue weighted by Gasteiger charge is -2.36. The number of carbonyl (C=O) groups is 1. The number of nitrogens with zero attached hydrogens (tertiary/aromatic N) is 5. The van der Waals surface area contributed by atoms with Crippen LogP contribution in [0.25, 0.3) is 11.3 Å². The number of aromatic nitrogens is 4. The number of benzene rings is 1. The Morgan fingerprint density at radius 1 is 1.21 bits per heavy atom. The van der Waals surface area contributed by atoms with E-state index in [-0.39, 0.29) is 30.0 Å². The van der Waals surface area contributed by atoms with Gasteiger partial charge in [0.05, 0.1) is 30.2 Å². The van der Waals surface area contributed by atoms with Gasteiger partial charge in [-0.2, -0.15) is 18.3 Å². The number of alkyl halides is 3. The Morgan fingerprint density at radius 2 is 1.91 bits per heavy atom. The molecule has 0 radical (unpaired) electrons. The van der Waals surface area contributed by atoms with Crippen molar-refractivity contribution in [3.8, 4) is 11.3 Å². The van der Waals surface area contributed by atoms with E-state index in [4.69, 9.17) is 0 Å². The van der Waals surface area contributed by atoms with Crippen LogP contribution in [-0.2, 0) is 19.2 Å². The number of amides is 1. The monoisotopic (exact) mass is 469 g/mol. The van der Waals surface area contributed by atoms with E-state index >= 15 is 0 Å². The van der Waals surface area contributed by atoms with E-state index < -0.39 is 41.2 Å². The van der Waals surface area contributed by atoms with Crippen molar-refractivity contribution in [2.75, 3.05) is 6.54 Å². The second-order valence-electron chi connectivity index (χ2n) is 8.21. The largest absolute Gasteiger partial charge is 0.424 e. The van der Waals surface area contributed by atoms with Crippen molar-refractivity contribution in [1.82, 2.24) is 24.2 Å². The number of fused-ring (bicyclic) bond motifs is 1. The van der Waals surface area contributed by atoms with Crippen molar-refractivity contribution in [2.45, 2.75) is 38.2 Å². The van der Waals surface area contributed by atoms with Crippen molar-refractivity contribution < 1.29 is 31.9 Å². The van der Waals surface area contributed by atoms with Crippen molar-refractivity contribution in [1.29, 1.82) is 0 Å². The lowest BCUT2D eigenvalue weighted by atomic mass is 10.0. The highest BCUT2D eigenvalue weighted by molar-refractivity contribution is 5.93. The molecule has 33 heavy (non-hydrogen) atoms. The van der Waals surface area contributed by atoms with Gasteiger partial charge in [-0.05, 0) is 32.0 Å². The first-order chi connectivity index (χ1) is 15.3. The van der Waals surface area contributed by atoms with Gasteiger partial charge in [-0.25, -0.2) is 13.8 Å². The third-order valence-electron chi connectivity index (χ3n) is 5.73. The number of aryl methyl sites for hydroxylation is 1. The average Bonchev–Trinajstić information content (AvgIpc) is 3.31. The van der Waals surface area contributed by atoms with E-state index in [2.05, 4.69) is 10.1 Å². The van der Waals surface area contributed by atoms with Crippen molar-refractivity contribution in [2.24, 2.45) is 7.05 Å². The quantitative estimate of drug-likeness (QED) is 0.596. The van der Waals surface area contributed by atoms with Crippen LogP contribution in [0.15, 0.2) is 30.5 Å². The van der Waals surface area contributed by atoms with E-state index in [1.54, 1.807) is 6.92 Å². The molecule has 0 saturated carbocycles. The molecule has 0 bridgehead atoms. The lowest BCUT2D eigenvalue weighted by molar-refractivity contribution is -0.263. The normalized spacial score (nSPS) is 18.2. The zero-order chi connectivity index (χ0) is 24.3. The molecule has 1 aliphatic rings. The molecule has 2 atom stereocenters. The Kier molecular flexibility index (Phi) is 5.31. The Balaban J connectivity index is 1.63. The Bertz CT molecular complexity index is 1230. The van der Waals surface area contributed by atoms with Gasteiger partial charge in [0.25, 0.3) is 5.91 Å². The number of hydrogen-bond donors (Lipinski definition) is 1. The number of imidazole rings is 1. The second-order valence-corrected chi connectivity index (χ2v) is 8.21. The highest BCUT2D eigenvalue weighted by Gasteiger charge is 2.55. The fraction of sp³-hybridized carbons (Fsp3) is 0.381. The molecule has 176 valence electrons. The van der Waals surface area contributed by atoms with E-state index in [0.717, 1.165) is 6.07 Å². The lowest BCUT2D eigenvalue weighted by Crippen LogP contribution is -2.45. The molecule has 12 heteroatoms. The van der Waals surface area contributed by atoms with Crippen LogP contribution in [0.4, 0.5) is 22.0 Å². The summed E-state index contributed by atoms with van der Waals surface area (Å²) in [7, 11) is 1.49. The average molecular weight is 469 g/mol. The molecule has 0 saturated heterocycles. The zero-order valence-corrected chi connectivity index (χ0v) is 17.9. The molecular formula is C21H20F5N5O2. The van der Waals surface area contributed by atoms with Crippen molar-refractivity contribution in [3.05, 3.63) is 59.3 Å². The molecule has 4 rings (SSSR count). The van der Waals surface area contributed by atoms with Gasteiger partial charge in [-0.15, -0.1) is 0 Å². The van der Waals surface area contributed by atoms with Crippen LogP contribution in [-0.4, -0.2) is 48.0 Å². The first-order valence-corrected chi connectivity index (χ1v) is 9.95. The topological polar surface area (TPSA) is 76.2 Å². The molecule has 1 aromatic carbocycles. The molecule has 0 spiro atoms. The maximum atomic E-state index is 14.1. The fourth-order valence-corrected chi connectivity index (χ4v) is 3.97. The number of hydrogen-bond acceptors (Lipinski definition) is 4. The summed E-state index contributed by atoms with van der Waals surface area (Å²) >= 11 is 0. The second kappa shape index (κ2) is 7.65. The smallest absolute Gasteiger partial charge is 0.374 e. The zero-order valence-electron chi connectivity index (χ0n) is 17.9. The minimum absolute atomic E-state index is 0.0233. The van der Waals surface area contributed by atoms with Crippen molar-refractivity contribution >= 4 is 5.91 Å². The molecule has 0 unspecified atom stereocenters. The molecule has 0 aliphatic carbocycles. The molecule has 0 fully saturated rings. The Hall–Kier alpha value is -3.28. The van der Waals surface area contributed by atoms with Crippen LogP contribution in [0, 0.1) is 11.6 Å². The molecule has 7 nitrogen and oxygen atoms in total. The maximum absolute atomic E-state index is 14.1. The third kappa shape index (κ3) is 3.77. The summed E-state index contributed by atoms with van der Waals surface area (Å²) < 4.78 is 69.9. The predicted molar refractivity (Wildman–Crippen MR) is 106 cm³/mol. The first kappa shape index (κ1) is 22.9. The molecule has 1 N–H and O–H groups in total. The van der Waals surface area contributed by atoms with E-state index in [9.17, 15) is 31.9 Å². The molecule has 3 aromatic rings. The molecule has 1 amide bonds. The van der Waals surface area contributed by atoms with Gasteiger partial charge >= 0.3 is 6.18 Å². The van der Waals surface area contributed by atoms with Gasteiger partial charge in [0.1, 0.15) is 17.3 Å². The summed E-state index contributed by atoms with van der Waals surface area (Å²) in [6.07, 6.45) is -3.73. The number of halogens is 5. The molecule has 3 heterocycles. The van der Waals surface area contributed by atoms with Crippen LogP contribution >= 0.6 is 0 Å². The predicted octanol–water partition coefficient (Wildman–Crippen LogP) is 3.55. The highest BCUT2D eigenvalue weighted by Crippen LogP contribution is 2.40. The molecule has 2 aromatic heterocycles. The minimum atomic E-state index is -4.93. The van der Waals surface area contributed by atoms with E-state index in [1.165, 1.54) is 39.5 Å². The van der Waals surface area contributed by atoms with Crippen LogP contribution < -0.4 is 0 Å². The van der Waals surface area contributed by atoms with Crippen molar-refractivity contribution in [3.63, 3.8) is 0 Å². The minimum Gasteiger partial charge on any atom is -0.374 e. The summed E-state index contributed by atoms with van der Waals surface area (Å²) in [5, 5.41) is 14.2. The van der Waals surface area contributed by atoms with Gasteiger partial charge in [0, 0.05) is 25.2 Å². The standard InChI is InChI=1S/C21H20F5N5O2/c1-11-9-30(10-13-8-27-19(31(11)13)20(2,33)21(24,25)26)18(32)17-7-16(28-29(17)3)14-5-4-12(22)6-15(14)23/h4-8,11,33H,9-10H2,1-3H3/t11-,20+/m0/s1. The Morgan fingerprint density at radius 3 is 2.55 bits per heavy atom. The first-order valence-electron chi connectivity index (χ1n) is 9.95. The van der Waals surface area contributed by atoms with Crippen LogP contribution in [0.1, 0.15) is 41.9 Å². The molecule has 1 aliphatic heterocycles. The maximum Gasteiger partial charge on any atom is 0.424 e. The molecular weight excluding hydrogens is 449 g/mol.